The summed E-state index contributed by atoms with van der Waals surface area (Å²) in [7, 11) is 0. The van der Waals surface area contributed by atoms with E-state index in [1.54, 1.807) is 18.2 Å². The Labute approximate surface area is 152 Å². The molecule has 0 radical (unpaired) electrons. The lowest BCUT2D eigenvalue weighted by atomic mass is 9.98. The molecule has 1 aliphatic heterocycles. The largest absolute Gasteiger partial charge is 0.486 e. The molecule has 0 fully saturated rings. The fourth-order valence-corrected chi connectivity index (χ4v) is 2.75. The van der Waals surface area contributed by atoms with Crippen LogP contribution in [0.1, 0.15) is 24.8 Å². The summed E-state index contributed by atoms with van der Waals surface area (Å²) in [6.07, 6.45) is 0.335. The number of benzene rings is 2. The van der Waals surface area contributed by atoms with Gasteiger partial charge in [0.15, 0.2) is 11.5 Å². The summed E-state index contributed by atoms with van der Waals surface area (Å²) < 4.78 is 10.9. The van der Waals surface area contributed by atoms with E-state index in [9.17, 15) is 9.59 Å². The Hall–Kier alpha value is -3.02. The number of ether oxygens (including phenoxy) is 2. The first-order valence-corrected chi connectivity index (χ1v) is 8.63. The molecule has 1 unspecified atom stereocenters. The number of amides is 2. The maximum atomic E-state index is 12.0. The fourth-order valence-electron chi connectivity index (χ4n) is 2.75. The monoisotopic (exact) mass is 354 g/mol. The van der Waals surface area contributed by atoms with Gasteiger partial charge in [-0.25, -0.2) is 0 Å². The maximum Gasteiger partial charge on any atom is 0.243 e. The van der Waals surface area contributed by atoms with Crippen molar-refractivity contribution in [1.29, 1.82) is 0 Å². The summed E-state index contributed by atoms with van der Waals surface area (Å²) in [5.74, 6) is 0.922. The predicted molar refractivity (Wildman–Crippen MR) is 98.5 cm³/mol. The molecule has 2 amide bonds. The molecule has 2 aromatic rings. The number of hydrogen-bond donors (Lipinski definition) is 2. The van der Waals surface area contributed by atoms with Gasteiger partial charge < -0.3 is 20.1 Å². The molecule has 26 heavy (non-hydrogen) atoms. The molecule has 3 rings (SSSR count). The van der Waals surface area contributed by atoms with Crippen molar-refractivity contribution >= 4 is 17.5 Å². The number of carbonyl (C=O) groups excluding carboxylic acids is 2. The smallest absolute Gasteiger partial charge is 0.243 e. The van der Waals surface area contributed by atoms with Crippen molar-refractivity contribution in [3.8, 4) is 11.5 Å². The first-order valence-electron chi connectivity index (χ1n) is 8.63. The normalized spacial score (nSPS) is 13.6. The lowest BCUT2D eigenvalue weighted by Gasteiger charge is -2.19. The minimum Gasteiger partial charge on any atom is -0.486 e. The molecule has 1 atom stereocenters. The second-order valence-corrected chi connectivity index (χ2v) is 6.20. The highest BCUT2D eigenvalue weighted by molar-refractivity contribution is 5.94. The molecule has 0 bridgehead atoms. The third-order valence-corrected chi connectivity index (χ3v) is 4.13. The van der Waals surface area contributed by atoms with E-state index in [4.69, 9.17) is 9.47 Å². The van der Waals surface area contributed by atoms with Crippen molar-refractivity contribution in [3.63, 3.8) is 0 Å². The average Bonchev–Trinajstić information content (AvgIpc) is 2.67. The summed E-state index contributed by atoms with van der Waals surface area (Å²) in [6.45, 7) is 2.92. The van der Waals surface area contributed by atoms with Gasteiger partial charge in [-0.05, 0) is 23.6 Å². The van der Waals surface area contributed by atoms with Crippen molar-refractivity contribution in [3.05, 3.63) is 54.1 Å². The second kappa shape index (κ2) is 8.38. The Bertz CT molecular complexity index is 777. The minimum atomic E-state index is -0.289. The molecule has 0 aliphatic carbocycles. The topological polar surface area (TPSA) is 76.7 Å². The molecule has 6 heteroatoms. The van der Waals surface area contributed by atoms with Gasteiger partial charge in [-0.1, -0.05) is 37.3 Å². The number of anilines is 1. The third-order valence-electron chi connectivity index (χ3n) is 4.13. The van der Waals surface area contributed by atoms with Crippen LogP contribution < -0.4 is 20.1 Å². The average molecular weight is 354 g/mol. The van der Waals surface area contributed by atoms with Crippen LogP contribution in [0.5, 0.6) is 11.5 Å². The van der Waals surface area contributed by atoms with Crippen LogP contribution in [0.2, 0.25) is 0 Å². The molecular weight excluding hydrogens is 332 g/mol. The van der Waals surface area contributed by atoms with Crippen LogP contribution in [0, 0.1) is 0 Å². The van der Waals surface area contributed by atoms with Crippen molar-refractivity contribution in [2.75, 3.05) is 25.1 Å². The van der Waals surface area contributed by atoms with Gasteiger partial charge in [0.05, 0.1) is 6.54 Å². The van der Waals surface area contributed by atoms with Crippen LogP contribution in [0.4, 0.5) is 5.69 Å². The zero-order valence-corrected chi connectivity index (χ0v) is 14.7. The molecular formula is C20H22N2O4. The molecule has 1 aliphatic rings. The van der Waals surface area contributed by atoms with Crippen molar-refractivity contribution in [2.24, 2.45) is 0 Å². The number of fused-ring (bicyclic) bond motifs is 1. The summed E-state index contributed by atoms with van der Waals surface area (Å²) in [5, 5.41) is 5.40. The van der Waals surface area contributed by atoms with E-state index >= 15 is 0 Å². The van der Waals surface area contributed by atoms with E-state index in [0.29, 0.717) is 36.8 Å². The standard InChI is InChI=1S/C20H22N2O4/c1-14(15-5-3-2-4-6-15)11-19(23)21-13-20(24)22-16-7-8-17-18(12-16)26-10-9-25-17/h2-8,12,14H,9-11,13H2,1H3,(H,21,23)(H,22,24). The molecule has 0 saturated carbocycles. The summed E-state index contributed by atoms with van der Waals surface area (Å²) in [4.78, 5) is 24.1. The number of nitrogens with one attached hydrogen (secondary N) is 2. The highest BCUT2D eigenvalue weighted by atomic mass is 16.6. The van der Waals surface area contributed by atoms with Gasteiger partial charge in [-0.15, -0.1) is 0 Å². The van der Waals surface area contributed by atoms with Crippen molar-refractivity contribution in [2.45, 2.75) is 19.3 Å². The van der Waals surface area contributed by atoms with Crippen LogP contribution >= 0.6 is 0 Å². The Morgan fingerprint density at radius 1 is 1.00 bits per heavy atom. The van der Waals surface area contributed by atoms with E-state index < -0.39 is 0 Å². The highest BCUT2D eigenvalue weighted by Gasteiger charge is 2.14. The molecule has 0 spiro atoms. The first-order chi connectivity index (χ1) is 12.6. The van der Waals surface area contributed by atoms with Crippen LogP contribution in [0.25, 0.3) is 0 Å². The molecule has 2 N–H and O–H groups in total. The minimum absolute atomic E-state index is 0.0746. The quantitative estimate of drug-likeness (QED) is 0.836. The number of carbonyl (C=O) groups is 2. The highest BCUT2D eigenvalue weighted by Crippen LogP contribution is 2.32. The van der Waals surface area contributed by atoms with Gasteiger partial charge in [-0.2, -0.15) is 0 Å². The molecule has 0 aromatic heterocycles. The van der Waals surface area contributed by atoms with Crippen molar-refractivity contribution < 1.29 is 19.1 Å². The van der Waals surface area contributed by atoms with Gasteiger partial charge in [0, 0.05) is 18.2 Å². The SMILES string of the molecule is CC(CC(=O)NCC(=O)Nc1ccc2c(c1)OCCO2)c1ccccc1. The summed E-state index contributed by atoms with van der Waals surface area (Å²) >= 11 is 0. The van der Waals surface area contributed by atoms with Gasteiger partial charge in [0.2, 0.25) is 11.8 Å². The molecule has 1 heterocycles. The van der Waals surface area contributed by atoms with Gasteiger partial charge in [-0.3, -0.25) is 9.59 Å². The van der Waals surface area contributed by atoms with Crippen LogP contribution in [-0.4, -0.2) is 31.6 Å². The lowest BCUT2D eigenvalue weighted by Crippen LogP contribution is -2.33. The van der Waals surface area contributed by atoms with Gasteiger partial charge in [0.25, 0.3) is 0 Å². The third kappa shape index (κ3) is 4.75. The predicted octanol–water partition coefficient (Wildman–Crippen LogP) is 2.71. The Kier molecular flexibility index (Phi) is 5.73. The molecule has 6 nitrogen and oxygen atoms in total. The maximum absolute atomic E-state index is 12.0. The van der Waals surface area contributed by atoms with Gasteiger partial charge in [0.1, 0.15) is 13.2 Å². The Balaban J connectivity index is 1.46. The molecule has 0 saturated heterocycles. The summed E-state index contributed by atoms with van der Waals surface area (Å²) in [5.41, 5.74) is 1.70. The first kappa shape index (κ1) is 17.8. The second-order valence-electron chi connectivity index (χ2n) is 6.20. The fraction of sp³-hybridized carbons (Fsp3) is 0.300. The Morgan fingerprint density at radius 3 is 2.50 bits per heavy atom. The zero-order chi connectivity index (χ0) is 18.4. The van der Waals surface area contributed by atoms with Crippen LogP contribution in [-0.2, 0) is 9.59 Å². The zero-order valence-electron chi connectivity index (χ0n) is 14.7. The number of hydrogen-bond acceptors (Lipinski definition) is 4. The number of rotatable bonds is 6. The van der Waals surface area contributed by atoms with Crippen molar-refractivity contribution in [1.82, 2.24) is 5.32 Å². The van der Waals surface area contributed by atoms with E-state index in [1.165, 1.54) is 0 Å². The van der Waals surface area contributed by atoms with E-state index in [-0.39, 0.29) is 24.3 Å². The molecule has 136 valence electrons. The Morgan fingerprint density at radius 2 is 1.73 bits per heavy atom. The lowest BCUT2D eigenvalue weighted by molar-refractivity contribution is -0.124. The van der Waals surface area contributed by atoms with E-state index in [0.717, 1.165) is 5.56 Å². The van der Waals surface area contributed by atoms with E-state index in [1.807, 2.05) is 37.3 Å². The van der Waals surface area contributed by atoms with Gasteiger partial charge >= 0.3 is 0 Å². The van der Waals surface area contributed by atoms with Crippen LogP contribution in [0.15, 0.2) is 48.5 Å². The molecule has 2 aromatic carbocycles. The van der Waals surface area contributed by atoms with Crippen LogP contribution in [0.3, 0.4) is 0 Å². The summed E-state index contributed by atoms with van der Waals surface area (Å²) in [6, 6.07) is 15.0. The van der Waals surface area contributed by atoms with E-state index in [2.05, 4.69) is 10.6 Å².